The van der Waals surface area contributed by atoms with Gasteiger partial charge in [0.1, 0.15) is 25.1 Å². The second-order valence-electron chi connectivity index (χ2n) is 9.97. The summed E-state index contributed by atoms with van der Waals surface area (Å²) < 4.78 is 54.6. The molecular formula is C29H31F3N2O4. The first-order valence-corrected chi connectivity index (χ1v) is 13.0. The summed E-state index contributed by atoms with van der Waals surface area (Å²) >= 11 is 0. The molecule has 5 rings (SSSR count). The van der Waals surface area contributed by atoms with Gasteiger partial charge in [-0.3, -0.25) is 4.79 Å². The molecule has 2 unspecified atom stereocenters. The van der Waals surface area contributed by atoms with E-state index in [4.69, 9.17) is 9.47 Å². The van der Waals surface area contributed by atoms with E-state index in [0.29, 0.717) is 41.2 Å². The number of nitrogens with zero attached hydrogens (tertiary/aromatic N) is 1. The largest absolute Gasteiger partial charge is 0.486 e. The van der Waals surface area contributed by atoms with Crippen molar-refractivity contribution < 1.29 is 32.5 Å². The van der Waals surface area contributed by atoms with Crippen molar-refractivity contribution in [1.82, 2.24) is 10.2 Å². The lowest BCUT2D eigenvalue weighted by atomic mass is 9.99. The number of carbonyl (C=O) groups is 1. The molecule has 0 bridgehead atoms. The molecule has 2 aliphatic rings. The van der Waals surface area contributed by atoms with E-state index >= 15 is 8.78 Å². The van der Waals surface area contributed by atoms with Gasteiger partial charge in [-0.1, -0.05) is 30.3 Å². The number of carbonyl (C=O) groups excluding carboxylic acids is 1. The smallest absolute Gasteiger partial charge is 0.324 e. The maximum atomic E-state index is 15.0. The van der Waals surface area contributed by atoms with E-state index in [1.165, 1.54) is 12.1 Å². The zero-order valence-corrected chi connectivity index (χ0v) is 21.0. The summed E-state index contributed by atoms with van der Waals surface area (Å²) in [4.78, 5) is 14.9. The molecule has 1 amide bonds. The van der Waals surface area contributed by atoms with Crippen LogP contribution in [0.2, 0.25) is 0 Å². The van der Waals surface area contributed by atoms with E-state index < -0.39 is 30.4 Å². The second-order valence-corrected chi connectivity index (χ2v) is 9.97. The maximum absolute atomic E-state index is 15.0. The van der Waals surface area contributed by atoms with Crippen molar-refractivity contribution in [3.63, 3.8) is 0 Å². The van der Waals surface area contributed by atoms with Crippen LogP contribution >= 0.6 is 0 Å². The highest BCUT2D eigenvalue weighted by Gasteiger charge is 2.41. The van der Waals surface area contributed by atoms with E-state index in [-0.39, 0.29) is 18.8 Å². The summed E-state index contributed by atoms with van der Waals surface area (Å²) in [5, 5.41) is 15.0. The number of hydrogen-bond donors (Lipinski definition) is 2. The van der Waals surface area contributed by atoms with Gasteiger partial charge in [0.05, 0.1) is 6.04 Å². The third-order valence-corrected chi connectivity index (χ3v) is 7.19. The van der Waals surface area contributed by atoms with E-state index in [2.05, 4.69) is 10.2 Å². The first-order chi connectivity index (χ1) is 18.3. The minimum atomic E-state index is -3.65. The van der Waals surface area contributed by atoms with Gasteiger partial charge >= 0.3 is 5.92 Å². The van der Waals surface area contributed by atoms with E-state index in [9.17, 15) is 14.3 Å². The van der Waals surface area contributed by atoms with Crippen LogP contribution in [0, 0.1) is 5.82 Å². The van der Waals surface area contributed by atoms with Crippen molar-refractivity contribution in [3.8, 4) is 11.5 Å². The van der Waals surface area contributed by atoms with E-state index in [0.717, 1.165) is 31.3 Å². The molecular weight excluding hydrogens is 497 g/mol. The average molecular weight is 529 g/mol. The average Bonchev–Trinajstić information content (AvgIpc) is 3.44. The molecule has 0 aromatic heterocycles. The highest BCUT2D eigenvalue weighted by molar-refractivity contribution is 5.84. The number of aliphatic hydroxyl groups is 1. The zero-order valence-electron chi connectivity index (χ0n) is 21.0. The molecule has 1 fully saturated rings. The van der Waals surface area contributed by atoms with Crippen molar-refractivity contribution in [2.75, 3.05) is 32.8 Å². The Morgan fingerprint density at radius 1 is 0.974 bits per heavy atom. The van der Waals surface area contributed by atoms with Crippen molar-refractivity contribution in [2.45, 2.75) is 43.8 Å². The first-order valence-electron chi connectivity index (χ1n) is 13.0. The fourth-order valence-electron chi connectivity index (χ4n) is 5.05. The summed E-state index contributed by atoms with van der Waals surface area (Å²) in [6, 6.07) is 13.4. The Morgan fingerprint density at radius 2 is 1.68 bits per heavy atom. The molecule has 0 radical (unpaired) electrons. The lowest BCUT2D eigenvalue weighted by molar-refractivity contribution is -0.148. The van der Waals surface area contributed by atoms with Gasteiger partial charge in [-0.15, -0.1) is 0 Å². The number of ether oxygens (including phenoxy) is 2. The van der Waals surface area contributed by atoms with E-state index in [1.807, 2.05) is 0 Å². The molecule has 6 nitrogen and oxygen atoms in total. The summed E-state index contributed by atoms with van der Waals surface area (Å²) in [7, 11) is 0. The Morgan fingerprint density at radius 3 is 2.47 bits per heavy atom. The van der Waals surface area contributed by atoms with Gasteiger partial charge < -0.3 is 24.8 Å². The molecule has 3 aromatic carbocycles. The Kier molecular flexibility index (Phi) is 7.76. The fourth-order valence-corrected chi connectivity index (χ4v) is 5.05. The number of fused-ring (bicyclic) bond motifs is 2. The molecule has 2 aliphatic heterocycles. The van der Waals surface area contributed by atoms with Crippen molar-refractivity contribution >= 4 is 16.7 Å². The molecule has 38 heavy (non-hydrogen) atoms. The normalized spacial score (nSPS) is 17.4. The predicted octanol–water partition coefficient (Wildman–Crippen LogP) is 4.63. The molecule has 0 spiro atoms. The van der Waals surface area contributed by atoms with Crippen LogP contribution < -0.4 is 14.8 Å². The Balaban J connectivity index is 1.28. The third kappa shape index (κ3) is 6.05. The minimum Gasteiger partial charge on any atom is -0.486 e. The molecule has 2 N–H and O–H groups in total. The quantitative estimate of drug-likeness (QED) is 0.424. The highest BCUT2D eigenvalue weighted by atomic mass is 19.3. The molecule has 2 heterocycles. The predicted molar refractivity (Wildman–Crippen MR) is 137 cm³/mol. The van der Waals surface area contributed by atoms with Crippen molar-refractivity contribution in [3.05, 3.63) is 71.5 Å². The van der Waals surface area contributed by atoms with Gasteiger partial charge in [0, 0.05) is 13.0 Å². The summed E-state index contributed by atoms with van der Waals surface area (Å²) in [5.74, 6) is -4.40. The number of benzene rings is 3. The lowest BCUT2D eigenvalue weighted by Gasteiger charge is -2.30. The summed E-state index contributed by atoms with van der Waals surface area (Å²) in [5.41, 5.74) is 1.08. The molecule has 0 aliphatic carbocycles. The first kappa shape index (κ1) is 26.3. The Hall–Kier alpha value is -3.30. The van der Waals surface area contributed by atoms with E-state index in [1.54, 1.807) is 42.5 Å². The minimum absolute atomic E-state index is 0.0325. The van der Waals surface area contributed by atoms with Crippen LogP contribution in [0.15, 0.2) is 54.6 Å². The number of rotatable bonds is 9. The lowest BCUT2D eigenvalue weighted by Crippen LogP contribution is -2.51. The number of halogens is 3. The van der Waals surface area contributed by atoms with Crippen LogP contribution in [0.1, 0.15) is 36.5 Å². The SMILES string of the molecule is O=C(NC(CN1CCCC1)C(O)c1ccc2c(c1)OCCO2)C(F)(F)CCc1ccc2cc(F)ccc2c1. The number of amides is 1. The summed E-state index contributed by atoms with van der Waals surface area (Å²) in [6.45, 7) is 2.61. The molecule has 9 heteroatoms. The number of aliphatic hydroxyl groups excluding tert-OH is 1. The topological polar surface area (TPSA) is 71.0 Å². The number of alkyl halides is 2. The monoisotopic (exact) mass is 528 g/mol. The van der Waals surface area contributed by atoms with Crippen molar-refractivity contribution in [2.24, 2.45) is 0 Å². The molecule has 202 valence electrons. The van der Waals surface area contributed by atoms with Crippen LogP contribution in [0.25, 0.3) is 10.8 Å². The van der Waals surface area contributed by atoms with Gasteiger partial charge in [-0.25, -0.2) is 4.39 Å². The number of aryl methyl sites for hydroxylation is 1. The molecule has 1 saturated heterocycles. The van der Waals surface area contributed by atoms with Gasteiger partial charge in [0.25, 0.3) is 5.91 Å². The number of nitrogens with one attached hydrogen (secondary N) is 1. The van der Waals surface area contributed by atoms with Crippen LogP contribution in [-0.4, -0.2) is 60.7 Å². The molecule has 0 saturated carbocycles. The highest BCUT2D eigenvalue weighted by Crippen LogP contribution is 2.34. The van der Waals surface area contributed by atoms with Crippen LogP contribution in [0.5, 0.6) is 11.5 Å². The number of likely N-dealkylation sites (tertiary alicyclic amines) is 1. The maximum Gasteiger partial charge on any atom is 0.324 e. The van der Waals surface area contributed by atoms with Gasteiger partial charge in [-0.2, -0.15) is 8.78 Å². The van der Waals surface area contributed by atoms with Gasteiger partial charge in [-0.05, 0) is 78.5 Å². The molecule has 2 atom stereocenters. The molecule has 3 aromatic rings. The standard InChI is InChI=1S/C29H31F3N2O4/c30-23-7-5-20-15-19(3-4-21(20)16-23)9-10-29(31,32)28(36)33-24(18-34-11-1-2-12-34)27(35)22-6-8-25-26(17-22)38-14-13-37-25/h3-8,15-17,24,27,35H,1-2,9-14,18H2,(H,33,36). The summed E-state index contributed by atoms with van der Waals surface area (Å²) in [6.07, 6.45) is 0.0224. The Bertz CT molecular complexity index is 1300. The second kappa shape index (κ2) is 11.2. The van der Waals surface area contributed by atoms with Gasteiger partial charge in [0.2, 0.25) is 0 Å². The zero-order chi connectivity index (χ0) is 26.7. The van der Waals surface area contributed by atoms with Gasteiger partial charge in [0.15, 0.2) is 11.5 Å². The van der Waals surface area contributed by atoms with Crippen LogP contribution in [0.4, 0.5) is 13.2 Å². The van der Waals surface area contributed by atoms with Crippen molar-refractivity contribution in [1.29, 1.82) is 0 Å². The Labute approximate surface area is 219 Å². The number of hydrogen-bond acceptors (Lipinski definition) is 5. The van der Waals surface area contributed by atoms with Crippen LogP contribution in [0.3, 0.4) is 0 Å². The fraction of sp³-hybridized carbons (Fsp3) is 0.414. The van der Waals surface area contributed by atoms with Crippen LogP contribution in [-0.2, 0) is 11.2 Å². The third-order valence-electron chi connectivity index (χ3n) is 7.19.